The molecular formula is C15H17FN2O. The molecule has 2 aromatic rings. The van der Waals surface area contributed by atoms with Crippen LogP contribution in [0.3, 0.4) is 0 Å². The number of aromatic nitrogens is 1. The summed E-state index contributed by atoms with van der Waals surface area (Å²) >= 11 is 0. The fourth-order valence-corrected chi connectivity index (χ4v) is 1.96. The number of nitrogens with one attached hydrogen (secondary N) is 2. The van der Waals surface area contributed by atoms with Gasteiger partial charge in [-0.25, -0.2) is 4.39 Å². The summed E-state index contributed by atoms with van der Waals surface area (Å²) in [6, 6.07) is 8.56. The van der Waals surface area contributed by atoms with E-state index in [4.69, 9.17) is 0 Å². The Morgan fingerprint density at radius 1 is 1.37 bits per heavy atom. The highest BCUT2D eigenvalue weighted by atomic mass is 19.1. The Kier molecular flexibility index (Phi) is 4.34. The Labute approximate surface area is 111 Å². The molecule has 1 aromatic heterocycles. The van der Waals surface area contributed by atoms with Crippen LogP contribution in [0.1, 0.15) is 16.8 Å². The highest BCUT2D eigenvalue weighted by Crippen LogP contribution is 2.06. The molecule has 1 aromatic carbocycles. The van der Waals surface area contributed by atoms with Crippen molar-refractivity contribution in [3.63, 3.8) is 0 Å². The van der Waals surface area contributed by atoms with Crippen molar-refractivity contribution >= 4 is 5.91 Å². The van der Waals surface area contributed by atoms with Crippen molar-refractivity contribution in [1.82, 2.24) is 10.3 Å². The van der Waals surface area contributed by atoms with Gasteiger partial charge in [-0.1, -0.05) is 18.2 Å². The largest absolute Gasteiger partial charge is 0.365 e. The molecule has 1 heterocycles. The van der Waals surface area contributed by atoms with Crippen LogP contribution in [0.25, 0.3) is 0 Å². The minimum Gasteiger partial charge on any atom is -0.365 e. The SMILES string of the molecule is Cc1cc(CC(=O)NCCc2ccccc2F)c[nH]1. The summed E-state index contributed by atoms with van der Waals surface area (Å²) in [6.45, 7) is 2.39. The van der Waals surface area contributed by atoms with Gasteiger partial charge in [0, 0.05) is 18.4 Å². The van der Waals surface area contributed by atoms with Crippen LogP contribution in [0, 0.1) is 12.7 Å². The third-order valence-electron chi connectivity index (χ3n) is 2.93. The number of H-pyrrole nitrogens is 1. The number of hydrogen-bond acceptors (Lipinski definition) is 1. The topological polar surface area (TPSA) is 44.9 Å². The van der Waals surface area contributed by atoms with Crippen molar-refractivity contribution in [2.75, 3.05) is 6.54 Å². The summed E-state index contributed by atoms with van der Waals surface area (Å²) in [7, 11) is 0. The predicted molar refractivity (Wildman–Crippen MR) is 72.3 cm³/mol. The molecule has 100 valence electrons. The lowest BCUT2D eigenvalue weighted by Crippen LogP contribution is -2.27. The molecule has 0 aliphatic heterocycles. The summed E-state index contributed by atoms with van der Waals surface area (Å²) in [5.41, 5.74) is 2.62. The van der Waals surface area contributed by atoms with Crippen molar-refractivity contribution in [3.8, 4) is 0 Å². The van der Waals surface area contributed by atoms with Crippen LogP contribution in [-0.4, -0.2) is 17.4 Å². The highest BCUT2D eigenvalue weighted by molar-refractivity contribution is 5.78. The summed E-state index contributed by atoms with van der Waals surface area (Å²) in [5.74, 6) is -0.270. The van der Waals surface area contributed by atoms with Crippen LogP contribution >= 0.6 is 0 Å². The first-order valence-corrected chi connectivity index (χ1v) is 6.29. The fourth-order valence-electron chi connectivity index (χ4n) is 1.96. The van der Waals surface area contributed by atoms with Crippen LogP contribution in [0.15, 0.2) is 36.5 Å². The average molecular weight is 260 g/mol. The maximum Gasteiger partial charge on any atom is 0.224 e. The molecule has 0 spiro atoms. The van der Waals surface area contributed by atoms with Crippen molar-refractivity contribution < 1.29 is 9.18 Å². The number of benzene rings is 1. The highest BCUT2D eigenvalue weighted by Gasteiger charge is 2.05. The van der Waals surface area contributed by atoms with Crippen LogP contribution in [0.4, 0.5) is 4.39 Å². The second-order valence-electron chi connectivity index (χ2n) is 4.56. The summed E-state index contributed by atoms with van der Waals surface area (Å²) in [5, 5.41) is 2.80. The molecule has 0 saturated heterocycles. The van der Waals surface area contributed by atoms with Gasteiger partial charge in [-0.05, 0) is 36.6 Å². The van der Waals surface area contributed by atoms with E-state index < -0.39 is 0 Å². The lowest BCUT2D eigenvalue weighted by atomic mass is 10.1. The zero-order valence-electron chi connectivity index (χ0n) is 10.9. The Bertz CT molecular complexity index is 563. The second-order valence-corrected chi connectivity index (χ2v) is 4.56. The van der Waals surface area contributed by atoms with Crippen LogP contribution < -0.4 is 5.32 Å². The van der Waals surface area contributed by atoms with Crippen LogP contribution in [0.2, 0.25) is 0 Å². The van der Waals surface area contributed by atoms with Crippen LogP contribution in [-0.2, 0) is 17.6 Å². The number of amides is 1. The van der Waals surface area contributed by atoms with E-state index >= 15 is 0 Å². The molecule has 0 atom stereocenters. The van der Waals surface area contributed by atoms with Gasteiger partial charge in [0.15, 0.2) is 0 Å². The number of halogens is 1. The standard InChI is InChI=1S/C15H17FN2O/c1-11-8-12(10-18-11)9-15(19)17-7-6-13-4-2-3-5-14(13)16/h2-5,8,10,18H,6-7,9H2,1H3,(H,17,19). The lowest BCUT2D eigenvalue weighted by Gasteiger charge is -2.05. The number of carbonyl (C=O) groups excluding carboxylic acids is 1. The average Bonchev–Trinajstić information content (AvgIpc) is 2.77. The smallest absolute Gasteiger partial charge is 0.224 e. The number of aromatic amines is 1. The third-order valence-corrected chi connectivity index (χ3v) is 2.93. The zero-order valence-corrected chi connectivity index (χ0v) is 10.9. The first kappa shape index (κ1) is 13.3. The molecular weight excluding hydrogens is 243 g/mol. The predicted octanol–water partition coefficient (Wildman–Crippen LogP) is 2.36. The minimum atomic E-state index is -0.224. The van der Waals surface area contributed by atoms with Gasteiger partial charge in [-0.2, -0.15) is 0 Å². The summed E-state index contributed by atoms with van der Waals surface area (Å²) in [4.78, 5) is 14.7. The molecule has 19 heavy (non-hydrogen) atoms. The molecule has 2 N–H and O–H groups in total. The maximum atomic E-state index is 13.3. The third kappa shape index (κ3) is 3.95. The minimum absolute atomic E-state index is 0.0460. The summed E-state index contributed by atoms with van der Waals surface area (Å²) in [6.07, 6.45) is 2.68. The van der Waals surface area contributed by atoms with Gasteiger partial charge >= 0.3 is 0 Å². The van der Waals surface area contributed by atoms with E-state index in [0.29, 0.717) is 24.9 Å². The lowest BCUT2D eigenvalue weighted by molar-refractivity contribution is -0.120. The molecule has 0 saturated carbocycles. The summed E-state index contributed by atoms with van der Waals surface area (Å²) < 4.78 is 13.3. The Hall–Kier alpha value is -2.10. The molecule has 0 unspecified atom stereocenters. The second kappa shape index (κ2) is 6.18. The Morgan fingerprint density at radius 3 is 2.84 bits per heavy atom. The number of rotatable bonds is 5. The number of aryl methyl sites for hydroxylation is 1. The normalized spacial score (nSPS) is 10.4. The molecule has 0 radical (unpaired) electrons. The molecule has 0 bridgehead atoms. The van der Waals surface area contributed by atoms with E-state index in [1.165, 1.54) is 6.07 Å². The van der Waals surface area contributed by atoms with E-state index in [9.17, 15) is 9.18 Å². The molecule has 0 aliphatic rings. The molecule has 3 nitrogen and oxygen atoms in total. The Morgan fingerprint density at radius 2 is 2.16 bits per heavy atom. The van der Waals surface area contributed by atoms with Gasteiger partial charge in [0.05, 0.1) is 6.42 Å². The monoisotopic (exact) mass is 260 g/mol. The number of hydrogen-bond donors (Lipinski definition) is 2. The first-order valence-electron chi connectivity index (χ1n) is 6.29. The van der Waals surface area contributed by atoms with Gasteiger partial charge in [0.25, 0.3) is 0 Å². The number of carbonyl (C=O) groups is 1. The van der Waals surface area contributed by atoms with E-state index in [0.717, 1.165) is 11.3 Å². The molecule has 2 rings (SSSR count). The van der Waals surface area contributed by atoms with Gasteiger partial charge < -0.3 is 10.3 Å². The van der Waals surface area contributed by atoms with Gasteiger partial charge in [0.2, 0.25) is 5.91 Å². The molecule has 0 fully saturated rings. The maximum absolute atomic E-state index is 13.3. The fraction of sp³-hybridized carbons (Fsp3) is 0.267. The van der Waals surface area contributed by atoms with Crippen LogP contribution in [0.5, 0.6) is 0 Å². The van der Waals surface area contributed by atoms with E-state index in [1.807, 2.05) is 19.2 Å². The first-order chi connectivity index (χ1) is 9.15. The van der Waals surface area contributed by atoms with Crippen molar-refractivity contribution in [1.29, 1.82) is 0 Å². The van der Waals surface area contributed by atoms with E-state index in [1.54, 1.807) is 18.2 Å². The Balaban J connectivity index is 1.77. The molecule has 1 amide bonds. The van der Waals surface area contributed by atoms with Gasteiger partial charge in [-0.3, -0.25) is 4.79 Å². The zero-order chi connectivity index (χ0) is 13.7. The van der Waals surface area contributed by atoms with Crippen molar-refractivity contribution in [2.45, 2.75) is 19.8 Å². The van der Waals surface area contributed by atoms with Crippen molar-refractivity contribution in [2.24, 2.45) is 0 Å². The quantitative estimate of drug-likeness (QED) is 0.851. The van der Waals surface area contributed by atoms with Gasteiger partial charge in [-0.15, -0.1) is 0 Å². The van der Waals surface area contributed by atoms with E-state index in [-0.39, 0.29) is 11.7 Å². The molecule has 4 heteroatoms. The van der Waals surface area contributed by atoms with Crippen molar-refractivity contribution in [3.05, 3.63) is 59.2 Å². The molecule has 0 aliphatic carbocycles. The van der Waals surface area contributed by atoms with E-state index in [2.05, 4.69) is 10.3 Å². The van der Waals surface area contributed by atoms with Gasteiger partial charge in [0.1, 0.15) is 5.82 Å².